The Morgan fingerprint density at radius 3 is 2.41 bits per heavy atom. The number of hydrogen-bond acceptors (Lipinski definition) is 3. The van der Waals surface area contributed by atoms with Gasteiger partial charge in [0, 0.05) is 11.5 Å². The van der Waals surface area contributed by atoms with Gasteiger partial charge in [0.05, 0.1) is 20.6 Å². The zero-order chi connectivity index (χ0) is 16.5. The largest absolute Gasteiger partial charge is 0.493 e. The lowest BCUT2D eigenvalue weighted by Crippen LogP contribution is -2.14. The molecule has 0 aromatic heterocycles. The Balaban J connectivity index is 2.57. The molecular formula is C17H23FO4. The molecular weight excluding hydrogens is 287 g/mol. The molecule has 22 heavy (non-hydrogen) atoms. The summed E-state index contributed by atoms with van der Waals surface area (Å²) >= 11 is 0. The molecule has 2 rings (SSSR count). The lowest BCUT2D eigenvalue weighted by Gasteiger charge is -2.24. The molecule has 0 saturated heterocycles. The van der Waals surface area contributed by atoms with Crippen molar-refractivity contribution in [2.24, 2.45) is 5.92 Å². The third-order valence-corrected chi connectivity index (χ3v) is 4.18. The van der Waals surface area contributed by atoms with Crippen molar-refractivity contribution in [3.63, 3.8) is 0 Å². The standard InChI is InChI=1S/C17H23FO4/c1-17(2,18)11-7-13(16(22-4)14(8-11)21-3)12(9-15(19)20)10-5-6-10/h7-8,10,12H,5-6,9H2,1-4H3,(H,19,20). The highest BCUT2D eigenvalue weighted by Gasteiger charge is 2.37. The highest BCUT2D eigenvalue weighted by atomic mass is 19.1. The minimum atomic E-state index is -1.54. The average Bonchev–Trinajstić information content (AvgIpc) is 3.26. The number of carboxylic acid groups (broad SMARTS) is 1. The van der Waals surface area contributed by atoms with Crippen LogP contribution in [0.2, 0.25) is 0 Å². The quantitative estimate of drug-likeness (QED) is 0.830. The third-order valence-electron chi connectivity index (χ3n) is 4.18. The van der Waals surface area contributed by atoms with Crippen molar-refractivity contribution in [1.29, 1.82) is 0 Å². The van der Waals surface area contributed by atoms with Crippen molar-refractivity contribution in [1.82, 2.24) is 0 Å². The van der Waals surface area contributed by atoms with Gasteiger partial charge in [-0.1, -0.05) is 0 Å². The van der Waals surface area contributed by atoms with Gasteiger partial charge in [-0.15, -0.1) is 0 Å². The molecule has 1 aliphatic rings. The lowest BCUT2D eigenvalue weighted by atomic mass is 9.86. The van der Waals surface area contributed by atoms with Crippen molar-refractivity contribution in [2.45, 2.75) is 44.7 Å². The number of benzene rings is 1. The van der Waals surface area contributed by atoms with Gasteiger partial charge >= 0.3 is 5.97 Å². The van der Waals surface area contributed by atoms with Crippen molar-refractivity contribution in [3.8, 4) is 11.5 Å². The fourth-order valence-electron chi connectivity index (χ4n) is 2.83. The van der Waals surface area contributed by atoms with Gasteiger partial charge in [-0.3, -0.25) is 4.79 Å². The molecule has 0 aliphatic heterocycles. The first-order valence-electron chi connectivity index (χ1n) is 7.45. The van der Waals surface area contributed by atoms with Gasteiger partial charge in [-0.25, -0.2) is 4.39 Å². The van der Waals surface area contributed by atoms with E-state index in [1.165, 1.54) is 28.1 Å². The summed E-state index contributed by atoms with van der Waals surface area (Å²) in [4.78, 5) is 11.2. The van der Waals surface area contributed by atoms with Gasteiger partial charge in [-0.2, -0.15) is 0 Å². The molecule has 0 spiro atoms. The number of carboxylic acids is 1. The first-order valence-corrected chi connectivity index (χ1v) is 7.45. The molecule has 0 radical (unpaired) electrons. The van der Waals surface area contributed by atoms with Crippen LogP contribution in [0.15, 0.2) is 12.1 Å². The van der Waals surface area contributed by atoms with Crippen molar-refractivity contribution in [2.75, 3.05) is 14.2 Å². The Bertz CT molecular complexity index is 559. The second-order valence-corrected chi connectivity index (χ2v) is 6.32. The summed E-state index contributed by atoms with van der Waals surface area (Å²) < 4.78 is 25.1. The molecule has 122 valence electrons. The molecule has 4 nitrogen and oxygen atoms in total. The SMILES string of the molecule is COc1cc(C(C)(C)F)cc(C(CC(=O)O)C2CC2)c1OC. The molecule has 0 amide bonds. The Morgan fingerprint density at radius 1 is 1.36 bits per heavy atom. The number of alkyl halides is 1. The zero-order valence-electron chi connectivity index (χ0n) is 13.5. The molecule has 1 aromatic rings. The Kier molecular flexibility index (Phi) is 4.63. The molecule has 0 bridgehead atoms. The van der Waals surface area contributed by atoms with Crippen LogP contribution in [0.25, 0.3) is 0 Å². The summed E-state index contributed by atoms with van der Waals surface area (Å²) in [5.41, 5.74) is -0.338. The molecule has 5 heteroatoms. The van der Waals surface area contributed by atoms with Crippen molar-refractivity contribution in [3.05, 3.63) is 23.3 Å². The summed E-state index contributed by atoms with van der Waals surface area (Å²) in [6.07, 6.45) is 2.00. The summed E-state index contributed by atoms with van der Waals surface area (Å²) in [5, 5.41) is 9.19. The number of carbonyl (C=O) groups is 1. The van der Waals surface area contributed by atoms with E-state index in [0.717, 1.165) is 18.4 Å². The topological polar surface area (TPSA) is 55.8 Å². The second-order valence-electron chi connectivity index (χ2n) is 6.32. The number of halogens is 1. The summed E-state index contributed by atoms with van der Waals surface area (Å²) in [5.74, 6) is 0.226. The van der Waals surface area contributed by atoms with Crippen LogP contribution in [-0.4, -0.2) is 25.3 Å². The van der Waals surface area contributed by atoms with E-state index in [1.54, 1.807) is 12.1 Å². The number of hydrogen-bond donors (Lipinski definition) is 1. The first-order chi connectivity index (χ1) is 10.3. The molecule has 1 atom stereocenters. The minimum absolute atomic E-state index is 0.0142. The van der Waals surface area contributed by atoms with E-state index in [1.807, 2.05) is 0 Å². The van der Waals surface area contributed by atoms with E-state index in [-0.39, 0.29) is 12.3 Å². The number of methoxy groups -OCH3 is 2. The second kappa shape index (κ2) is 6.15. The fourth-order valence-corrected chi connectivity index (χ4v) is 2.83. The fraction of sp³-hybridized carbons (Fsp3) is 0.588. The summed E-state index contributed by atoms with van der Waals surface area (Å²) in [6.45, 7) is 2.95. The van der Waals surface area contributed by atoms with Crippen molar-refractivity contribution < 1.29 is 23.8 Å². The van der Waals surface area contributed by atoms with Gasteiger partial charge in [0.15, 0.2) is 11.5 Å². The van der Waals surface area contributed by atoms with Gasteiger partial charge < -0.3 is 14.6 Å². The maximum Gasteiger partial charge on any atom is 0.303 e. The predicted octanol–water partition coefficient (Wildman–Crippen LogP) is 3.88. The van der Waals surface area contributed by atoms with Gasteiger partial charge in [0.25, 0.3) is 0 Å². The van der Waals surface area contributed by atoms with Gasteiger partial charge in [-0.05, 0) is 50.3 Å². The van der Waals surface area contributed by atoms with Crippen molar-refractivity contribution >= 4 is 5.97 Å². The van der Waals surface area contributed by atoms with E-state index in [0.29, 0.717) is 23.0 Å². The van der Waals surface area contributed by atoms with Crippen LogP contribution >= 0.6 is 0 Å². The Hall–Kier alpha value is -1.78. The van der Waals surface area contributed by atoms with Crippen LogP contribution in [0.1, 0.15) is 50.2 Å². The summed E-state index contributed by atoms with van der Waals surface area (Å²) in [7, 11) is 3.02. The van der Waals surface area contributed by atoms with Crippen LogP contribution in [0.3, 0.4) is 0 Å². The molecule has 0 heterocycles. The third kappa shape index (κ3) is 3.51. The Morgan fingerprint density at radius 2 is 2.00 bits per heavy atom. The number of ether oxygens (including phenoxy) is 2. The minimum Gasteiger partial charge on any atom is -0.493 e. The first kappa shape index (κ1) is 16.6. The molecule has 1 saturated carbocycles. The van der Waals surface area contributed by atoms with E-state index in [2.05, 4.69) is 0 Å². The maximum absolute atomic E-state index is 14.4. The van der Waals surface area contributed by atoms with E-state index >= 15 is 0 Å². The summed E-state index contributed by atoms with van der Waals surface area (Å²) in [6, 6.07) is 3.35. The van der Waals surface area contributed by atoms with Crippen LogP contribution in [0, 0.1) is 5.92 Å². The zero-order valence-corrected chi connectivity index (χ0v) is 13.5. The molecule has 1 aromatic carbocycles. The van der Waals surface area contributed by atoms with Crippen LogP contribution < -0.4 is 9.47 Å². The average molecular weight is 310 g/mol. The number of aliphatic carboxylic acids is 1. The molecule has 1 N–H and O–H groups in total. The van der Waals surface area contributed by atoms with E-state index < -0.39 is 11.6 Å². The maximum atomic E-state index is 14.4. The lowest BCUT2D eigenvalue weighted by molar-refractivity contribution is -0.137. The normalized spacial score (nSPS) is 16.2. The number of rotatable bonds is 7. The van der Waals surface area contributed by atoms with Crippen LogP contribution in [0.4, 0.5) is 4.39 Å². The predicted molar refractivity (Wildman–Crippen MR) is 81.4 cm³/mol. The Labute approximate surface area is 130 Å². The van der Waals surface area contributed by atoms with E-state index in [9.17, 15) is 14.3 Å². The highest BCUT2D eigenvalue weighted by Crippen LogP contribution is 2.50. The molecule has 1 aliphatic carbocycles. The van der Waals surface area contributed by atoms with E-state index in [4.69, 9.17) is 9.47 Å². The molecule has 1 fully saturated rings. The van der Waals surface area contributed by atoms with Gasteiger partial charge in [0.2, 0.25) is 0 Å². The van der Waals surface area contributed by atoms with Gasteiger partial charge in [0.1, 0.15) is 5.67 Å². The smallest absolute Gasteiger partial charge is 0.303 e. The van der Waals surface area contributed by atoms with Crippen LogP contribution in [-0.2, 0) is 10.5 Å². The van der Waals surface area contributed by atoms with Crippen LogP contribution in [0.5, 0.6) is 11.5 Å². The molecule has 1 unspecified atom stereocenters. The highest BCUT2D eigenvalue weighted by molar-refractivity contribution is 5.69. The monoisotopic (exact) mass is 310 g/mol.